The molecule has 1 aromatic heterocycles. The zero-order chi connectivity index (χ0) is 29.2. The number of hydrogen-bond acceptors (Lipinski definition) is 7. The van der Waals surface area contributed by atoms with Crippen LogP contribution >= 0.6 is 11.6 Å². The van der Waals surface area contributed by atoms with Gasteiger partial charge in [0.15, 0.2) is 0 Å². The van der Waals surface area contributed by atoms with E-state index in [1.165, 1.54) is 12.7 Å². The topological polar surface area (TPSA) is 90.9 Å². The average Bonchev–Trinajstić information content (AvgIpc) is 2.96. The first kappa shape index (κ1) is 30.4. The van der Waals surface area contributed by atoms with E-state index < -0.39 is 0 Å². The van der Waals surface area contributed by atoms with Gasteiger partial charge < -0.3 is 19.9 Å². The zero-order valence-corrected chi connectivity index (χ0v) is 24.9. The van der Waals surface area contributed by atoms with Crippen molar-refractivity contribution < 1.29 is 14.3 Å². The van der Waals surface area contributed by atoms with Gasteiger partial charge >= 0.3 is 0 Å². The second-order valence-electron chi connectivity index (χ2n) is 10.3. The molecule has 0 fully saturated rings. The fourth-order valence-electron chi connectivity index (χ4n) is 5.07. The maximum Gasteiger partial charge on any atom is 0.252 e. The predicted molar refractivity (Wildman–Crippen MR) is 162 cm³/mol. The molecule has 10 heteroatoms. The third-order valence-electron chi connectivity index (χ3n) is 7.02. The lowest BCUT2D eigenvalue weighted by molar-refractivity contribution is -0.131. The van der Waals surface area contributed by atoms with Crippen LogP contribution in [0.2, 0.25) is 5.02 Å². The highest BCUT2D eigenvalue weighted by atomic mass is 35.5. The van der Waals surface area contributed by atoms with Gasteiger partial charge in [0.2, 0.25) is 11.9 Å². The normalized spacial score (nSPS) is 14.7. The van der Waals surface area contributed by atoms with Gasteiger partial charge in [0.05, 0.1) is 5.69 Å². The minimum absolute atomic E-state index is 0.0106. The minimum atomic E-state index is -0.139. The molecule has 0 bridgehead atoms. The van der Waals surface area contributed by atoms with Crippen LogP contribution in [0.25, 0.3) is 0 Å². The standard InChI is InChI=1S/C31H39ClN6O3/c1-23-18-24(2)35-31(34-23)33-13-12-29(39)37-17-16-36(20-25-8-5-4-6-9-25)14-7-15-38(30(40)22-41-3)28-19-27(32)11-10-26(28)21-37/h4-6,8-11,18-19H,7,12-17,20-22H2,1-3H3,(H,33,34,35). The first-order chi connectivity index (χ1) is 19.8. The van der Waals surface area contributed by atoms with E-state index in [0.717, 1.165) is 42.1 Å². The Bertz CT molecular complexity index is 1300. The van der Waals surface area contributed by atoms with Gasteiger partial charge in [-0.05, 0) is 49.6 Å². The fourth-order valence-corrected chi connectivity index (χ4v) is 5.24. The molecular formula is C31H39ClN6O3. The smallest absolute Gasteiger partial charge is 0.252 e. The molecule has 0 unspecified atom stereocenters. The summed E-state index contributed by atoms with van der Waals surface area (Å²) < 4.78 is 5.19. The van der Waals surface area contributed by atoms with Crippen LogP contribution in [-0.2, 0) is 27.4 Å². The zero-order valence-electron chi connectivity index (χ0n) is 24.1. The number of rotatable bonds is 8. The van der Waals surface area contributed by atoms with E-state index in [1.807, 2.05) is 61.2 Å². The molecule has 1 N–H and O–H groups in total. The third kappa shape index (κ3) is 8.98. The van der Waals surface area contributed by atoms with Crippen LogP contribution in [0.3, 0.4) is 0 Å². The molecule has 2 heterocycles. The number of methoxy groups -OCH3 is 1. The Kier molecular flexibility index (Phi) is 11.1. The number of aryl methyl sites for hydroxylation is 2. The van der Waals surface area contributed by atoms with Crippen molar-refractivity contribution in [2.24, 2.45) is 0 Å². The quantitative estimate of drug-likeness (QED) is 0.422. The molecule has 0 aliphatic carbocycles. The lowest BCUT2D eigenvalue weighted by Gasteiger charge is -2.28. The van der Waals surface area contributed by atoms with Gasteiger partial charge in [-0.1, -0.05) is 48.0 Å². The number of amides is 2. The molecule has 218 valence electrons. The Labute approximate surface area is 247 Å². The monoisotopic (exact) mass is 578 g/mol. The number of nitrogens with one attached hydrogen (secondary N) is 1. The number of anilines is 2. The SMILES string of the molecule is COCC(=O)N1CCCN(Cc2ccccc2)CCN(C(=O)CCNc2nc(C)cc(C)n2)Cc2ccc(Cl)cc21. The summed E-state index contributed by atoms with van der Waals surface area (Å²) in [6.45, 7) is 7.91. The molecule has 0 radical (unpaired) electrons. The number of fused-ring (bicyclic) bond motifs is 1. The number of benzene rings is 2. The van der Waals surface area contributed by atoms with Crippen molar-refractivity contribution in [1.29, 1.82) is 0 Å². The van der Waals surface area contributed by atoms with Gasteiger partial charge in [-0.2, -0.15) is 0 Å². The maximum atomic E-state index is 13.6. The van der Waals surface area contributed by atoms with Crippen LogP contribution in [0, 0.1) is 13.8 Å². The van der Waals surface area contributed by atoms with Crippen LogP contribution < -0.4 is 10.2 Å². The number of nitrogens with zero attached hydrogens (tertiary/aromatic N) is 5. The molecule has 0 saturated carbocycles. The molecule has 3 aromatic rings. The third-order valence-corrected chi connectivity index (χ3v) is 7.25. The number of halogens is 1. The van der Waals surface area contributed by atoms with Gasteiger partial charge in [-0.3, -0.25) is 14.5 Å². The van der Waals surface area contributed by atoms with Crippen molar-refractivity contribution in [1.82, 2.24) is 19.8 Å². The molecule has 2 aromatic carbocycles. The number of hydrogen-bond donors (Lipinski definition) is 1. The molecule has 41 heavy (non-hydrogen) atoms. The first-order valence-electron chi connectivity index (χ1n) is 14.0. The predicted octanol–water partition coefficient (Wildman–Crippen LogP) is 4.46. The molecule has 0 atom stereocenters. The molecule has 4 rings (SSSR count). The van der Waals surface area contributed by atoms with E-state index >= 15 is 0 Å². The molecule has 9 nitrogen and oxygen atoms in total. The fraction of sp³-hybridized carbons (Fsp3) is 0.419. The minimum Gasteiger partial charge on any atom is -0.375 e. The maximum absolute atomic E-state index is 13.6. The number of carbonyl (C=O) groups is 2. The van der Waals surface area contributed by atoms with Crippen molar-refractivity contribution in [3.05, 3.63) is 82.1 Å². The molecular weight excluding hydrogens is 540 g/mol. The van der Waals surface area contributed by atoms with Gasteiger partial charge in [0, 0.05) is 75.8 Å². The molecule has 0 spiro atoms. The van der Waals surface area contributed by atoms with Crippen LogP contribution in [0.5, 0.6) is 0 Å². The lowest BCUT2D eigenvalue weighted by Crippen LogP contribution is -2.39. The van der Waals surface area contributed by atoms with Crippen molar-refractivity contribution in [2.75, 3.05) is 56.7 Å². The average molecular weight is 579 g/mol. The highest BCUT2D eigenvalue weighted by Gasteiger charge is 2.24. The molecule has 0 saturated heterocycles. The summed E-state index contributed by atoms with van der Waals surface area (Å²) in [5, 5.41) is 3.73. The van der Waals surface area contributed by atoms with Crippen molar-refractivity contribution >= 4 is 35.1 Å². The highest BCUT2D eigenvalue weighted by molar-refractivity contribution is 6.31. The summed E-state index contributed by atoms with van der Waals surface area (Å²) in [6, 6.07) is 17.7. The van der Waals surface area contributed by atoms with Crippen molar-refractivity contribution in [3.8, 4) is 0 Å². The van der Waals surface area contributed by atoms with Crippen LogP contribution in [0.4, 0.5) is 11.6 Å². The Balaban J connectivity index is 1.57. The summed E-state index contributed by atoms with van der Waals surface area (Å²) in [5.41, 5.74) is 4.55. The molecule has 1 aliphatic heterocycles. The van der Waals surface area contributed by atoms with Gasteiger partial charge in [-0.25, -0.2) is 9.97 Å². The second-order valence-corrected chi connectivity index (χ2v) is 10.8. The highest BCUT2D eigenvalue weighted by Crippen LogP contribution is 2.28. The van der Waals surface area contributed by atoms with Crippen LogP contribution in [0.1, 0.15) is 35.4 Å². The van der Waals surface area contributed by atoms with Crippen LogP contribution in [0.15, 0.2) is 54.6 Å². The Morgan fingerprint density at radius 2 is 1.71 bits per heavy atom. The van der Waals surface area contributed by atoms with Gasteiger partial charge in [0.25, 0.3) is 5.91 Å². The summed E-state index contributed by atoms with van der Waals surface area (Å²) >= 11 is 6.41. The lowest BCUT2D eigenvalue weighted by atomic mass is 10.1. The summed E-state index contributed by atoms with van der Waals surface area (Å²) in [5.74, 6) is 0.394. The van der Waals surface area contributed by atoms with E-state index in [0.29, 0.717) is 43.7 Å². The Hall–Kier alpha value is -3.53. The number of carbonyl (C=O) groups excluding carboxylic acids is 2. The molecule has 1 aliphatic rings. The van der Waals surface area contributed by atoms with E-state index in [9.17, 15) is 9.59 Å². The number of ether oxygens (including phenoxy) is 1. The largest absolute Gasteiger partial charge is 0.375 e. The van der Waals surface area contributed by atoms with E-state index in [-0.39, 0.29) is 24.8 Å². The first-order valence-corrected chi connectivity index (χ1v) is 14.4. The molecule has 2 amide bonds. The van der Waals surface area contributed by atoms with E-state index in [1.54, 1.807) is 4.90 Å². The van der Waals surface area contributed by atoms with Crippen molar-refractivity contribution in [2.45, 2.75) is 39.8 Å². The summed E-state index contributed by atoms with van der Waals surface area (Å²) in [4.78, 5) is 41.6. The second kappa shape index (κ2) is 14.9. The summed E-state index contributed by atoms with van der Waals surface area (Å²) in [7, 11) is 1.52. The van der Waals surface area contributed by atoms with Gasteiger partial charge in [-0.15, -0.1) is 0 Å². The summed E-state index contributed by atoms with van der Waals surface area (Å²) in [6.07, 6.45) is 1.05. The van der Waals surface area contributed by atoms with Gasteiger partial charge in [0.1, 0.15) is 6.61 Å². The van der Waals surface area contributed by atoms with E-state index in [4.69, 9.17) is 16.3 Å². The Morgan fingerprint density at radius 3 is 2.44 bits per heavy atom. The number of aromatic nitrogens is 2. The van der Waals surface area contributed by atoms with E-state index in [2.05, 4.69) is 32.3 Å². The van der Waals surface area contributed by atoms with Crippen LogP contribution in [-0.4, -0.2) is 78.0 Å². The van der Waals surface area contributed by atoms with Crippen molar-refractivity contribution in [3.63, 3.8) is 0 Å². The Morgan fingerprint density at radius 1 is 0.951 bits per heavy atom.